The molecule has 0 saturated heterocycles. The smallest absolute Gasteiger partial charge is 0.407 e. The van der Waals surface area contributed by atoms with Gasteiger partial charge in [-0.05, 0) is 74.7 Å². The predicted octanol–water partition coefficient (Wildman–Crippen LogP) is 6.42. The number of rotatable bonds is 15. The molecule has 2 amide bonds. The van der Waals surface area contributed by atoms with E-state index >= 15 is 0 Å². The third kappa shape index (κ3) is 10.0. The number of pyridine rings is 1. The van der Waals surface area contributed by atoms with Crippen molar-refractivity contribution in [3.05, 3.63) is 90.0 Å². The number of ether oxygens (including phenoxy) is 3. The van der Waals surface area contributed by atoms with Gasteiger partial charge in [0.05, 0.1) is 22.8 Å². The number of amides is 2. The van der Waals surface area contributed by atoms with Crippen LogP contribution in [0.2, 0.25) is 0 Å². The number of carbonyl (C=O) groups excluding carboxylic acids is 3. The number of alkyl carbamates (subject to hydrolysis) is 1. The van der Waals surface area contributed by atoms with Crippen LogP contribution in [-0.4, -0.2) is 74.1 Å². The van der Waals surface area contributed by atoms with Crippen molar-refractivity contribution >= 4 is 28.7 Å². The molecule has 1 aliphatic rings. The van der Waals surface area contributed by atoms with Crippen molar-refractivity contribution in [1.29, 1.82) is 0 Å². The van der Waals surface area contributed by atoms with Crippen molar-refractivity contribution in [1.82, 2.24) is 20.5 Å². The quantitative estimate of drug-likeness (QED) is 0.140. The third-order valence-electron chi connectivity index (χ3n) is 8.44. The van der Waals surface area contributed by atoms with Gasteiger partial charge in [0, 0.05) is 30.5 Å². The second-order valence-corrected chi connectivity index (χ2v) is 13.5. The molecule has 0 bridgehead atoms. The SMILES string of the molecule is CN(C)CC(C)(C)CCC(=O)C(CCCNC(=O)OCc1ccccc1)NC(=O)c1cc(-c2ccc3c(c2)OCCO3)nc2ccccc12. The first-order chi connectivity index (χ1) is 23.6. The predicted molar refractivity (Wildman–Crippen MR) is 190 cm³/mol. The molecule has 1 unspecified atom stereocenters. The zero-order valence-corrected chi connectivity index (χ0v) is 28.8. The fourth-order valence-corrected chi connectivity index (χ4v) is 6.11. The Morgan fingerprint density at radius 1 is 0.939 bits per heavy atom. The minimum absolute atomic E-state index is 0.0442. The van der Waals surface area contributed by atoms with E-state index in [9.17, 15) is 14.4 Å². The summed E-state index contributed by atoms with van der Waals surface area (Å²) in [4.78, 5) is 47.1. The molecule has 3 aromatic carbocycles. The van der Waals surface area contributed by atoms with Crippen LogP contribution >= 0.6 is 0 Å². The van der Waals surface area contributed by atoms with E-state index in [4.69, 9.17) is 19.2 Å². The fraction of sp³-hybridized carbons (Fsp3) is 0.385. The summed E-state index contributed by atoms with van der Waals surface area (Å²) in [5.41, 5.74) is 3.27. The van der Waals surface area contributed by atoms with Gasteiger partial charge in [0.1, 0.15) is 19.8 Å². The van der Waals surface area contributed by atoms with E-state index in [1.807, 2.05) is 86.9 Å². The van der Waals surface area contributed by atoms with E-state index in [2.05, 4.69) is 29.4 Å². The lowest BCUT2D eigenvalue weighted by atomic mass is 9.85. The second kappa shape index (κ2) is 16.4. The lowest BCUT2D eigenvalue weighted by Crippen LogP contribution is -2.42. The van der Waals surface area contributed by atoms with Crippen molar-refractivity contribution in [2.24, 2.45) is 5.41 Å². The van der Waals surface area contributed by atoms with Crippen LogP contribution < -0.4 is 20.1 Å². The summed E-state index contributed by atoms with van der Waals surface area (Å²) in [6, 6.07) is 23.5. The second-order valence-electron chi connectivity index (χ2n) is 13.5. The summed E-state index contributed by atoms with van der Waals surface area (Å²) < 4.78 is 16.8. The first-order valence-corrected chi connectivity index (χ1v) is 16.8. The highest BCUT2D eigenvalue weighted by atomic mass is 16.6. The first kappa shape index (κ1) is 35.3. The Labute approximate surface area is 288 Å². The fourth-order valence-electron chi connectivity index (χ4n) is 6.11. The summed E-state index contributed by atoms with van der Waals surface area (Å²) in [6.07, 6.45) is 1.29. The molecule has 0 spiro atoms. The zero-order valence-electron chi connectivity index (χ0n) is 28.8. The number of benzene rings is 3. The molecule has 1 aromatic heterocycles. The monoisotopic (exact) mass is 666 g/mol. The van der Waals surface area contributed by atoms with Gasteiger partial charge >= 0.3 is 6.09 Å². The van der Waals surface area contributed by atoms with Crippen LogP contribution in [0.25, 0.3) is 22.2 Å². The minimum Gasteiger partial charge on any atom is -0.486 e. The molecule has 2 N–H and O–H groups in total. The average Bonchev–Trinajstić information content (AvgIpc) is 3.10. The van der Waals surface area contributed by atoms with E-state index in [1.54, 1.807) is 6.07 Å². The van der Waals surface area contributed by atoms with Gasteiger partial charge < -0.3 is 29.7 Å². The maximum Gasteiger partial charge on any atom is 0.407 e. The molecule has 5 rings (SSSR count). The molecule has 49 heavy (non-hydrogen) atoms. The number of nitrogens with zero attached hydrogens (tertiary/aromatic N) is 2. The van der Waals surface area contributed by atoms with Crippen LogP contribution in [0.15, 0.2) is 78.9 Å². The van der Waals surface area contributed by atoms with Gasteiger partial charge in [-0.1, -0.05) is 62.4 Å². The van der Waals surface area contributed by atoms with Crippen LogP contribution in [-0.2, 0) is 16.1 Å². The number of fused-ring (bicyclic) bond motifs is 2. The molecule has 4 aromatic rings. The molecular formula is C39H46N4O6. The Morgan fingerprint density at radius 2 is 1.67 bits per heavy atom. The molecule has 1 aliphatic heterocycles. The van der Waals surface area contributed by atoms with E-state index in [0.717, 1.165) is 17.7 Å². The third-order valence-corrected chi connectivity index (χ3v) is 8.44. The standard InChI is InChI=1S/C39H46N4O6/c1-39(2,26-43(3)4)19-18-34(44)32(15-10-20-40-38(46)49-25-27-11-6-5-7-12-27)42-37(45)30-24-33(41-31-14-9-8-13-29(30)31)28-16-17-35-36(23-28)48-22-21-47-35/h5-9,11-14,16-17,23-24,32H,10,15,18-22,25-26H2,1-4H3,(H,40,46)(H,42,45). The van der Waals surface area contributed by atoms with E-state index in [-0.39, 0.29) is 23.7 Å². The number of carbonyl (C=O) groups is 3. The molecule has 10 heteroatoms. The van der Waals surface area contributed by atoms with Crippen molar-refractivity contribution in [3.63, 3.8) is 0 Å². The van der Waals surface area contributed by atoms with Crippen LogP contribution in [0.1, 0.15) is 55.5 Å². The molecule has 2 heterocycles. The minimum atomic E-state index is -0.741. The van der Waals surface area contributed by atoms with Crippen molar-refractivity contribution in [2.45, 2.75) is 52.2 Å². The summed E-state index contributed by atoms with van der Waals surface area (Å²) in [6.45, 7) is 6.53. The molecule has 258 valence electrons. The van der Waals surface area contributed by atoms with Crippen LogP contribution in [0, 0.1) is 5.41 Å². The normalized spacial score (nSPS) is 13.2. The number of para-hydroxylation sites is 1. The average molecular weight is 667 g/mol. The summed E-state index contributed by atoms with van der Waals surface area (Å²) >= 11 is 0. The Bertz CT molecular complexity index is 1760. The van der Waals surface area contributed by atoms with Crippen molar-refractivity contribution < 1.29 is 28.6 Å². The Kier molecular flexibility index (Phi) is 11.9. The van der Waals surface area contributed by atoms with E-state index in [0.29, 0.717) is 79.1 Å². The van der Waals surface area contributed by atoms with Crippen LogP contribution in [0.4, 0.5) is 4.79 Å². The Hall–Kier alpha value is -4.96. The van der Waals surface area contributed by atoms with Gasteiger partial charge in [0.25, 0.3) is 5.91 Å². The summed E-state index contributed by atoms with van der Waals surface area (Å²) in [7, 11) is 4.03. The van der Waals surface area contributed by atoms with Gasteiger partial charge in [0.15, 0.2) is 17.3 Å². The van der Waals surface area contributed by atoms with Gasteiger partial charge in [-0.15, -0.1) is 0 Å². The zero-order chi connectivity index (χ0) is 34.8. The van der Waals surface area contributed by atoms with Gasteiger partial charge in [-0.2, -0.15) is 0 Å². The molecule has 0 radical (unpaired) electrons. The molecule has 0 saturated carbocycles. The maximum atomic E-state index is 14.1. The number of aromatic nitrogens is 1. The highest BCUT2D eigenvalue weighted by Gasteiger charge is 2.26. The highest BCUT2D eigenvalue weighted by molar-refractivity contribution is 6.08. The number of nitrogens with one attached hydrogen (secondary N) is 2. The lowest BCUT2D eigenvalue weighted by molar-refractivity contribution is -0.121. The van der Waals surface area contributed by atoms with E-state index < -0.39 is 12.1 Å². The van der Waals surface area contributed by atoms with Gasteiger partial charge in [0.2, 0.25) is 0 Å². The summed E-state index contributed by atoms with van der Waals surface area (Å²) in [5, 5.41) is 6.50. The number of ketones is 1. The lowest BCUT2D eigenvalue weighted by Gasteiger charge is -2.28. The molecular weight excluding hydrogens is 620 g/mol. The molecule has 10 nitrogen and oxygen atoms in total. The highest BCUT2D eigenvalue weighted by Crippen LogP contribution is 2.35. The van der Waals surface area contributed by atoms with Crippen molar-refractivity contribution in [2.75, 3.05) is 40.4 Å². The van der Waals surface area contributed by atoms with Gasteiger partial charge in [-0.3, -0.25) is 9.59 Å². The van der Waals surface area contributed by atoms with Crippen LogP contribution in [0.3, 0.4) is 0 Å². The Morgan fingerprint density at radius 3 is 2.45 bits per heavy atom. The molecule has 0 fully saturated rings. The van der Waals surface area contributed by atoms with Crippen LogP contribution in [0.5, 0.6) is 11.5 Å². The first-order valence-electron chi connectivity index (χ1n) is 16.8. The number of hydrogen-bond donors (Lipinski definition) is 2. The number of hydrogen-bond acceptors (Lipinski definition) is 8. The van der Waals surface area contributed by atoms with E-state index in [1.165, 1.54) is 0 Å². The van der Waals surface area contributed by atoms with Gasteiger partial charge in [-0.25, -0.2) is 9.78 Å². The summed E-state index contributed by atoms with van der Waals surface area (Å²) in [5.74, 6) is 0.892. The maximum absolute atomic E-state index is 14.1. The van der Waals surface area contributed by atoms with Crippen molar-refractivity contribution in [3.8, 4) is 22.8 Å². The number of Topliss-reactive ketones (excluding diaryl/α,β-unsaturated/α-hetero) is 1. The largest absolute Gasteiger partial charge is 0.486 e. The Balaban J connectivity index is 1.31. The molecule has 1 atom stereocenters. The molecule has 0 aliphatic carbocycles. The topological polar surface area (TPSA) is 119 Å².